The van der Waals surface area contributed by atoms with Gasteiger partial charge in [-0.25, -0.2) is 4.98 Å². The van der Waals surface area contributed by atoms with Crippen LogP contribution in [0.2, 0.25) is 0 Å². The number of aryl methyl sites for hydroxylation is 1. The van der Waals surface area contributed by atoms with Crippen molar-refractivity contribution in [2.24, 2.45) is 0 Å². The van der Waals surface area contributed by atoms with Crippen LogP contribution in [0.4, 0.5) is 5.82 Å². The molecule has 1 amide bonds. The molecule has 2 aromatic heterocycles. The number of ether oxygens (including phenoxy) is 3. The van der Waals surface area contributed by atoms with Crippen molar-refractivity contribution >= 4 is 34.0 Å². The number of nitrogens with zero attached hydrogens (tertiary/aromatic N) is 3. The molecule has 0 bridgehead atoms. The Morgan fingerprint density at radius 1 is 1.22 bits per heavy atom. The van der Waals surface area contributed by atoms with Crippen LogP contribution in [0.5, 0.6) is 11.5 Å². The topological polar surface area (TPSA) is 64.1 Å². The van der Waals surface area contributed by atoms with Gasteiger partial charge in [0.1, 0.15) is 5.82 Å². The van der Waals surface area contributed by atoms with E-state index in [0.29, 0.717) is 18.8 Å². The van der Waals surface area contributed by atoms with Gasteiger partial charge < -0.3 is 24.0 Å². The number of anilines is 1. The number of fused-ring (bicyclic) bond motifs is 2. The maximum Gasteiger partial charge on any atom is 0.264 e. The summed E-state index contributed by atoms with van der Waals surface area (Å²) in [6, 6.07) is 7.98. The van der Waals surface area contributed by atoms with Gasteiger partial charge in [0.25, 0.3) is 5.91 Å². The Morgan fingerprint density at radius 3 is 2.72 bits per heavy atom. The van der Waals surface area contributed by atoms with Crippen LogP contribution >= 0.6 is 11.3 Å². The predicted octanol–water partition coefficient (Wildman–Crippen LogP) is 4.22. The molecule has 5 rings (SSSR count). The molecule has 1 fully saturated rings. The number of amides is 1. The summed E-state index contributed by atoms with van der Waals surface area (Å²) in [6.07, 6.45) is 2.09. The Kier molecular flexibility index (Phi) is 5.65. The van der Waals surface area contributed by atoms with E-state index in [9.17, 15) is 4.79 Å². The van der Waals surface area contributed by atoms with Crippen molar-refractivity contribution < 1.29 is 19.0 Å². The molecule has 0 saturated carbocycles. The van der Waals surface area contributed by atoms with Crippen LogP contribution in [0.3, 0.4) is 0 Å². The van der Waals surface area contributed by atoms with Gasteiger partial charge in [-0.05, 0) is 48.9 Å². The zero-order valence-corrected chi connectivity index (χ0v) is 19.4. The van der Waals surface area contributed by atoms with Gasteiger partial charge in [-0.15, -0.1) is 11.3 Å². The SMILES string of the molecule is Cc1ccsc1C(=O)N(Cc1cc2cc3c(cc2nc1N(C)C)OCO3)C[C@@H]1CCCO1. The minimum absolute atomic E-state index is 0.0449. The number of carbonyl (C=O) groups excluding carboxylic acids is 1. The van der Waals surface area contributed by atoms with Crippen molar-refractivity contribution in [3.8, 4) is 11.5 Å². The van der Waals surface area contributed by atoms with E-state index in [4.69, 9.17) is 19.2 Å². The van der Waals surface area contributed by atoms with E-state index in [1.54, 1.807) is 0 Å². The van der Waals surface area contributed by atoms with E-state index in [1.165, 1.54) is 11.3 Å². The molecule has 3 aromatic rings. The van der Waals surface area contributed by atoms with E-state index in [1.807, 2.05) is 54.4 Å². The average Bonchev–Trinajstić information content (AvgIpc) is 3.52. The summed E-state index contributed by atoms with van der Waals surface area (Å²) in [5.74, 6) is 2.32. The van der Waals surface area contributed by atoms with Crippen molar-refractivity contribution in [1.29, 1.82) is 0 Å². The first-order valence-corrected chi connectivity index (χ1v) is 11.7. The van der Waals surface area contributed by atoms with Crippen LogP contribution in [0.25, 0.3) is 10.9 Å². The maximum atomic E-state index is 13.5. The third-order valence-corrected chi connectivity index (χ3v) is 6.95. The zero-order valence-electron chi connectivity index (χ0n) is 18.6. The van der Waals surface area contributed by atoms with Crippen molar-refractivity contribution in [2.45, 2.75) is 32.4 Å². The van der Waals surface area contributed by atoms with Crippen LogP contribution in [0.1, 0.15) is 33.6 Å². The molecule has 2 aliphatic rings. The standard InChI is InChI=1S/C24H27N3O4S/c1-15-6-8-32-22(15)24(28)27(13-18-5-4-7-29-18)12-17-9-16-10-20-21(31-14-30-20)11-19(16)25-23(17)26(2)3/h6,8-11,18H,4-5,7,12-14H2,1-3H3/t18-/m0/s1. The Bertz CT molecular complexity index is 1150. The molecule has 0 N–H and O–H groups in total. The summed E-state index contributed by atoms with van der Waals surface area (Å²) in [5, 5.41) is 2.94. The zero-order chi connectivity index (χ0) is 22.2. The molecular formula is C24H27N3O4S. The molecule has 168 valence electrons. The van der Waals surface area contributed by atoms with E-state index in [0.717, 1.165) is 57.9 Å². The van der Waals surface area contributed by atoms with Crippen LogP contribution in [0.15, 0.2) is 29.6 Å². The molecule has 0 aliphatic carbocycles. The number of carbonyl (C=O) groups is 1. The summed E-state index contributed by atoms with van der Waals surface area (Å²) in [7, 11) is 3.95. The molecule has 1 atom stereocenters. The van der Waals surface area contributed by atoms with E-state index in [2.05, 4.69) is 6.07 Å². The molecule has 4 heterocycles. The molecule has 8 heteroatoms. The maximum absolute atomic E-state index is 13.5. The quantitative estimate of drug-likeness (QED) is 0.557. The Balaban J connectivity index is 1.53. The van der Waals surface area contributed by atoms with E-state index in [-0.39, 0.29) is 18.8 Å². The minimum Gasteiger partial charge on any atom is -0.454 e. The minimum atomic E-state index is 0.0449. The molecule has 0 spiro atoms. The Labute approximate surface area is 191 Å². The van der Waals surface area contributed by atoms with Crippen LogP contribution in [-0.2, 0) is 11.3 Å². The fourth-order valence-electron chi connectivity index (χ4n) is 4.30. The summed E-state index contributed by atoms with van der Waals surface area (Å²) >= 11 is 1.49. The Hall–Kier alpha value is -2.84. The normalized spacial score (nSPS) is 17.2. The van der Waals surface area contributed by atoms with Gasteiger partial charge in [-0.2, -0.15) is 0 Å². The first-order chi connectivity index (χ1) is 15.5. The van der Waals surface area contributed by atoms with Gasteiger partial charge in [-0.1, -0.05) is 0 Å². The summed E-state index contributed by atoms with van der Waals surface area (Å²) in [6.45, 7) is 4.00. The Morgan fingerprint density at radius 2 is 2.03 bits per heavy atom. The van der Waals surface area contributed by atoms with Crippen molar-refractivity contribution in [3.63, 3.8) is 0 Å². The lowest BCUT2D eigenvalue weighted by molar-refractivity contribution is 0.0510. The first-order valence-electron chi connectivity index (χ1n) is 10.8. The second-order valence-corrected chi connectivity index (χ2v) is 9.43. The van der Waals surface area contributed by atoms with Crippen molar-refractivity contribution in [1.82, 2.24) is 9.88 Å². The number of benzene rings is 1. The highest BCUT2D eigenvalue weighted by molar-refractivity contribution is 7.12. The van der Waals surface area contributed by atoms with Gasteiger partial charge in [0.15, 0.2) is 11.5 Å². The van der Waals surface area contributed by atoms with Gasteiger partial charge >= 0.3 is 0 Å². The fourth-order valence-corrected chi connectivity index (χ4v) is 5.19. The van der Waals surface area contributed by atoms with Crippen LogP contribution in [-0.4, -0.2) is 55.9 Å². The lowest BCUT2D eigenvalue weighted by Gasteiger charge is -2.27. The van der Waals surface area contributed by atoms with E-state index < -0.39 is 0 Å². The van der Waals surface area contributed by atoms with Crippen LogP contribution in [0, 0.1) is 6.92 Å². The van der Waals surface area contributed by atoms with Crippen molar-refractivity contribution in [2.75, 3.05) is 38.9 Å². The molecule has 0 unspecified atom stereocenters. The summed E-state index contributed by atoms with van der Waals surface area (Å²) in [5.41, 5.74) is 2.84. The van der Waals surface area contributed by atoms with E-state index >= 15 is 0 Å². The molecule has 2 aliphatic heterocycles. The largest absolute Gasteiger partial charge is 0.454 e. The lowest BCUT2D eigenvalue weighted by atomic mass is 10.1. The number of aromatic nitrogens is 1. The smallest absolute Gasteiger partial charge is 0.264 e. The lowest BCUT2D eigenvalue weighted by Crippen LogP contribution is -2.37. The monoisotopic (exact) mass is 453 g/mol. The summed E-state index contributed by atoms with van der Waals surface area (Å²) in [4.78, 5) is 23.1. The molecule has 0 radical (unpaired) electrons. The predicted molar refractivity (Wildman–Crippen MR) is 125 cm³/mol. The summed E-state index contributed by atoms with van der Waals surface area (Å²) < 4.78 is 16.9. The average molecular weight is 454 g/mol. The number of thiophene rings is 1. The number of hydrogen-bond acceptors (Lipinski definition) is 7. The second kappa shape index (κ2) is 8.60. The number of pyridine rings is 1. The first kappa shape index (κ1) is 21.0. The highest BCUT2D eigenvalue weighted by Gasteiger charge is 2.27. The van der Waals surface area contributed by atoms with Crippen molar-refractivity contribution in [3.05, 3.63) is 45.6 Å². The number of hydrogen-bond donors (Lipinski definition) is 0. The highest BCUT2D eigenvalue weighted by atomic mass is 32.1. The molecular weight excluding hydrogens is 426 g/mol. The van der Waals surface area contributed by atoms with Gasteiger partial charge in [0.05, 0.1) is 16.5 Å². The molecule has 7 nitrogen and oxygen atoms in total. The highest BCUT2D eigenvalue weighted by Crippen LogP contribution is 2.37. The van der Waals surface area contributed by atoms with Gasteiger partial charge in [0, 0.05) is 50.8 Å². The van der Waals surface area contributed by atoms with Crippen LogP contribution < -0.4 is 14.4 Å². The van der Waals surface area contributed by atoms with Gasteiger partial charge in [-0.3, -0.25) is 4.79 Å². The third kappa shape index (κ3) is 4.00. The number of rotatable bonds is 6. The third-order valence-electron chi connectivity index (χ3n) is 5.94. The fraction of sp³-hybridized carbons (Fsp3) is 0.417. The molecule has 1 aromatic carbocycles. The molecule has 1 saturated heterocycles. The molecule has 32 heavy (non-hydrogen) atoms. The van der Waals surface area contributed by atoms with Gasteiger partial charge in [0.2, 0.25) is 6.79 Å². The second-order valence-electron chi connectivity index (χ2n) is 8.52.